The maximum absolute atomic E-state index is 8.54. The third kappa shape index (κ3) is 4.13. The molecule has 0 bridgehead atoms. The summed E-state index contributed by atoms with van der Waals surface area (Å²) in [4.78, 5) is 0. The fourth-order valence-electron chi connectivity index (χ4n) is 2.55. The molecule has 0 aliphatic heterocycles. The van der Waals surface area contributed by atoms with E-state index in [1.807, 2.05) is 24.3 Å². The van der Waals surface area contributed by atoms with Crippen molar-refractivity contribution in [3.8, 4) is 5.75 Å². The minimum absolute atomic E-state index is 0.203. The van der Waals surface area contributed by atoms with Crippen LogP contribution in [0.4, 0.5) is 0 Å². The fraction of sp³-hybridized carbons (Fsp3) is 0.533. The normalized spacial score (nSPS) is 23.6. The molecule has 1 saturated carbocycles. The Kier molecular flexibility index (Phi) is 5.24. The van der Waals surface area contributed by atoms with Crippen LogP contribution >= 0.6 is 0 Å². The third-order valence-electron chi connectivity index (χ3n) is 3.65. The van der Waals surface area contributed by atoms with Crippen molar-refractivity contribution in [2.45, 2.75) is 44.3 Å². The van der Waals surface area contributed by atoms with Crippen molar-refractivity contribution in [2.75, 3.05) is 7.11 Å². The number of hydrogen-bond acceptors (Lipinski definition) is 4. The molecular formula is C15H22N2O3. The predicted molar refractivity (Wildman–Crippen MR) is 77.2 cm³/mol. The maximum atomic E-state index is 8.54. The Morgan fingerprint density at radius 1 is 1.30 bits per heavy atom. The van der Waals surface area contributed by atoms with E-state index in [0.29, 0.717) is 12.5 Å². The Hall–Kier alpha value is -1.75. The summed E-state index contributed by atoms with van der Waals surface area (Å²) in [6.07, 6.45) is 5.26. The molecule has 1 aromatic carbocycles. The van der Waals surface area contributed by atoms with Crippen LogP contribution in [0.3, 0.4) is 0 Å². The largest absolute Gasteiger partial charge is 0.490 e. The van der Waals surface area contributed by atoms with Gasteiger partial charge in [0.2, 0.25) is 0 Å². The molecule has 20 heavy (non-hydrogen) atoms. The number of rotatable bonds is 5. The zero-order chi connectivity index (χ0) is 14.4. The van der Waals surface area contributed by atoms with Crippen LogP contribution in [0.1, 0.15) is 31.2 Å². The number of methoxy groups -OCH3 is 1. The second kappa shape index (κ2) is 7.14. The molecule has 0 aromatic heterocycles. The van der Waals surface area contributed by atoms with Gasteiger partial charge in [-0.25, -0.2) is 0 Å². The first kappa shape index (κ1) is 14.7. The quantitative estimate of drug-likeness (QED) is 0.375. The van der Waals surface area contributed by atoms with Crippen LogP contribution in [-0.4, -0.2) is 30.4 Å². The van der Waals surface area contributed by atoms with Gasteiger partial charge in [0.05, 0.1) is 6.10 Å². The summed E-state index contributed by atoms with van der Waals surface area (Å²) < 4.78 is 11.4. The first-order chi connectivity index (χ1) is 9.71. The highest BCUT2D eigenvalue weighted by atomic mass is 16.5. The molecule has 0 heterocycles. The Labute approximate surface area is 119 Å². The number of nitrogens with two attached hydrogens (primary N) is 1. The van der Waals surface area contributed by atoms with Gasteiger partial charge in [0.1, 0.15) is 17.7 Å². The monoisotopic (exact) mass is 278 g/mol. The van der Waals surface area contributed by atoms with E-state index in [-0.39, 0.29) is 11.9 Å². The minimum atomic E-state index is 0.203. The number of ether oxygens (including phenoxy) is 2. The highest BCUT2D eigenvalue weighted by Gasteiger charge is 2.22. The van der Waals surface area contributed by atoms with Gasteiger partial charge in [0, 0.05) is 20.0 Å². The lowest BCUT2D eigenvalue weighted by molar-refractivity contribution is 0.0209. The summed E-state index contributed by atoms with van der Waals surface area (Å²) in [5.74, 6) is 1.06. The van der Waals surface area contributed by atoms with E-state index in [1.54, 1.807) is 7.11 Å². The van der Waals surface area contributed by atoms with Gasteiger partial charge in [-0.1, -0.05) is 17.3 Å². The van der Waals surface area contributed by atoms with Crippen LogP contribution < -0.4 is 10.5 Å². The van der Waals surface area contributed by atoms with E-state index in [9.17, 15) is 0 Å². The van der Waals surface area contributed by atoms with Gasteiger partial charge in [-0.3, -0.25) is 0 Å². The molecule has 1 aliphatic carbocycles. The predicted octanol–water partition coefficient (Wildman–Crippen LogP) is 2.31. The highest BCUT2D eigenvalue weighted by molar-refractivity contribution is 5.82. The number of amidine groups is 1. The molecule has 0 saturated heterocycles. The summed E-state index contributed by atoms with van der Waals surface area (Å²) in [5.41, 5.74) is 6.47. The van der Waals surface area contributed by atoms with Crippen molar-refractivity contribution >= 4 is 5.84 Å². The zero-order valence-corrected chi connectivity index (χ0v) is 11.8. The second-order valence-corrected chi connectivity index (χ2v) is 5.18. The lowest BCUT2D eigenvalue weighted by atomic mass is 9.95. The summed E-state index contributed by atoms with van der Waals surface area (Å²) in [7, 11) is 1.76. The first-order valence-corrected chi connectivity index (χ1v) is 6.96. The van der Waals surface area contributed by atoms with Gasteiger partial charge < -0.3 is 20.4 Å². The van der Waals surface area contributed by atoms with Crippen LogP contribution in [0, 0.1) is 0 Å². The Morgan fingerprint density at radius 3 is 2.65 bits per heavy atom. The molecule has 0 spiro atoms. The molecule has 0 amide bonds. The van der Waals surface area contributed by atoms with Crippen molar-refractivity contribution in [1.82, 2.24) is 0 Å². The number of nitrogens with zero attached hydrogens (tertiary/aromatic N) is 1. The minimum Gasteiger partial charge on any atom is -0.490 e. The average molecular weight is 278 g/mol. The summed E-state index contributed by atoms with van der Waals surface area (Å²) in [6, 6.07) is 7.72. The van der Waals surface area contributed by atoms with E-state index in [4.69, 9.17) is 20.4 Å². The van der Waals surface area contributed by atoms with Crippen molar-refractivity contribution in [1.29, 1.82) is 0 Å². The van der Waals surface area contributed by atoms with Gasteiger partial charge in [-0.05, 0) is 37.0 Å². The van der Waals surface area contributed by atoms with Gasteiger partial charge in [-0.2, -0.15) is 0 Å². The average Bonchev–Trinajstić information content (AvgIpc) is 2.49. The van der Waals surface area contributed by atoms with Crippen LogP contribution in [0.2, 0.25) is 0 Å². The van der Waals surface area contributed by atoms with Crippen molar-refractivity contribution in [3.05, 3.63) is 29.8 Å². The number of benzene rings is 1. The van der Waals surface area contributed by atoms with Crippen LogP contribution in [-0.2, 0) is 11.2 Å². The van der Waals surface area contributed by atoms with E-state index >= 15 is 0 Å². The van der Waals surface area contributed by atoms with Crippen LogP contribution in [0.25, 0.3) is 0 Å². The fourth-order valence-corrected chi connectivity index (χ4v) is 2.55. The standard InChI is InChI=1S/C15H22N2O3/c1-19-13-3-2-4-14(10-13)20-12-7-5-11(6-8-12)9-15(16)17-18/h5-8,13-14,18H,2-4,9-10H2,1H3,(H2,16,17). The lowest BCUT2D eigenvalue weighted by Crippen LogP contribution is -2.29. The Morgan fingerprint density at radius 2 is 2.00 bits per heavy atom. The van der Waals surface area contributed by atoms with Crippen molar-refractivity contribution < 1.29 is 14.7 Å². The topological polar surface area (TPSA) is 77.1 Å². The molecule has 3 N–H and O–H groups in total. The molecule has 2 atom stereocenters. The van der Waals surface area contributed by atoms with Gasteiger partial charge in [0.25, 0.3) is 0 Å². The van der Waals surface area contributed by atoms with Gasteiger partial charge in [-0.15, -0.1) is 0 Å². The Balaban J connectivity index is 1.90. The number of hydrogen-bond donors (Lipinski definition) is 2. The second-order valence-electron chi connectivity index (χ2n) is 5.18. The smallest absolute Gasteiger partial charge is 0.143 e. The molecule has 5 nitrogen and oxygen atoms in total. The SMILES string of the molecule is COC1CCCC(Oc2ccc(CC(N)=NO)cc2)C1. The highest BCUT2D eigenvalue weighted by Crippen LogP contribution is 2.25. The molecule has 5 heteroatoms. The van der Waals surface area contributed by atoms with E-state index in [0.717, 1.165) is 37.0 Å². The van der Waals surface area contributed by atoms with Gasteiger partial charge in [0.15, 0.2) is 0 Å². The van der Waals surface area contributed by atoms with E-state index in [1.165, 1.54) is 0 Å². The van der Waals surface area contributed by atoms with Crippen molar-refractivity contribution in [2.24, 2.45) is 10.9 Å². The number of oxime groups is 1. The summed E-state index contributed by atoms with van der Waals surface area (Å²) >= 11 is 0. The molecule has 1 aromatic rings. The third-order valence-corrected chi connectivity index (χ3v) is 3.65. The molecule has 0 radical (unpaired) electrons. The van der Waals surface area contributed by atoms with E-state index < -0.39 is 0 Å². The Bertz CT molecular complexity index is 445. The van der Waals surface area contributed by atoms with E-state index in [2.05, 4.69) is 5.16 Å². The van der Waals surface area contributed by atoms with Crippen LogP contribution in [0.5, 0.6) is 5.75 Å². The summed E-state index contributed by atoms with van der Waals surface area (Å²) in [5, 5.41) is 11.5. The zero-order valence-electron chi connectivity index (χ0n) is 11.8. The summed E-state index contributed by atoms with van der Waals surface area (Å²) in [6.45, 7) is 0. The molecule has 2 unspecified atom stereocenters. The van der Waals surface area contributed by atoms with Gasteiger partial charge >= 0.3 is 0 Å². The first-order valence-electron chi connectivity index (χ1n) is 6.96. The lowest BCUT2D eigenvalue weighted by Gasteiger charge is -2.28. The van der Waals surface area contributed by atoms with Crippen molar-refractivity contribution in [3.63, 3.8) is 0 Å². The molecular weight excluding hydrogens is 256 g/mol. The maximum Gasteiger partial charge on any atom is 0.143 e. The molecule has 1 aliphatic rings. The molecule has 110 valence electrons. The van der Waals surface area contributed by atoms with Crippen LogP contribution in [0.15, 0.2) is 29.4 Å². The molecule has 1 fully saturated rings. The molecule has 2 rings (SSSR count).